The molecule has 0 fully saturated rings. The Labute approximate surface area is 784 Å². The van der Waals surface area contributed by atoms with Crippen LogP contribution < -0.4 is 46.9 Å². The van der Waals surface area contributed by atoms with Crippen molar-refractivity contribution in [3.05, 3.63) is 471 Å². The number of hydrogen-bond donors (Lipinski definition) is 0. The average molecular weight is 1710 g/mol. The van der Waals surface area contributed by atoms with E-state index in [0.29, 0.717) is 5.69 Å². The molecule has 0 bridgehead atoms. The number of hydrogen-bond acceptors (Lipinski definition) is 2. The number of benzene rings is 19. The van der Waals surface area contributed by atoms with E-state index in [1.807, 2.05) is 6.07 Å². The lowest BCUT2D eigenvalue weighted by atomic mass is 9.33. The number of nitrogens with zero attached hydrogens (tertiary/aromatic N) is 3. The lowest BCUT2D eigenvalue weighted by molar-refractivity contribution is 0.590. The Morgan fingerprint density at radius 1 is 0.237 bits per heavy atom. The molecule has 0 saturated carbocycles. The van der Waals surface area contributed by atoms with Crippen LogP contribution >= 0.6 is 0 Å². The van der Waals surface area contributed by atoms with Crippen molar-refractivity contribution < 1.29 is 11.0 Å². The van der Waals surface area contributed by atoms with Crippen LogP contribution in [0.4, 0.5) is 34.1 Å². The minimum atomic E-state index is -3.04. The summed E-state index contributed by atoms with van der Waals surface area (Å²) >= 11 is 0. The van der Waals surface area contributed by atoms with E-state index in [4.69, 9.17) is 0 Å². The molecule has 131 heavy (non-hydrogen) atoms. The van der Waals surface area contributed by atoms with Gasteiger partial charge in [-0.2, -0.15) is 0 Å². The van der Waals surface area contributed by atoms with E-state index < -0.39 is 61.9 Å². The molecule has 0 saturated heterocycles. The second-order valence-electron chi connectivity index (χ2n) is 38.1. The topological polar surface area (TPSA) is 11.4 Å². The van der Waals surface area contributed by atoms with Gasteiger partial charge in [-0.25, -0.2) is 0 Å². The highest BCUT2D eigenvalue weighted by molar-refractivity contribution is 7.20. The van der Waals surface area contributed by atoms with Crippen molar-refractivity contribution in [2.24, 2.45) is 0 Å². The van der Waals surface area contributed by atoms with Gasteiger partial charge in [0, 0.05) is 61.5 Å². The van der Waals surface area contributed by atoms with Crippen molar-refractivity contribution in [3.8, 4) is 106 Å². The fourth-order valence-electron chi connectivity index (χ4n) is 20.4. The maximum Gasteiger partial charge on any atom is 0.252 e. The molecular weight excluding hydrogens is 1590 g/mol. The fourth-order valence-corrected chi connectivity index (χ4v) is 25.1. The quantitative estimate of drug-likeness (QED) is 0.0706. The van der Waals surface area contributed by atoms with Crippen LogP contribution in [-0.4, -0.2) is 19.4 Å². The van der Waals surface area contributed by atoms with Gasteiger partial charge >= 0.3 is 0 Å². The molecule has 0 radical (unpaired) electrons. The summed E-state index contributed by atoms with van der Waals surface area (Å²) in [6.45, 7) is 20.2. The zero-order chi connectivity index (χ0) is 95.8. The molecule has 0 spiro atoms. The van der Waals surface area contributed by atoms with Crippen LogP contribution in [0.3, 0.4) is 0 Å². The summed E-state index contributed by atoms with van der Waals surface area (Å²) in [5.41, 5.74) is 29.2. The Balaban J connectivity index is 0.924. The van der Waals surface area contributed by atoms with Gasteiger partial charge in [0.1, 0.15) is 0 Å². The fraction of sp³-hybridized carbons (Fsp3) is 0.0952. The summed E-state index contributed by atoms with van der Waals surface area (Å²) in [6, 6.07) is 146. The molecule has 0 atom stereocenters. The second kappa shape index (κ2) is 32.9. The summed E-state index contributed by atoms with van der Waals surface area (Å²) in [6.07, 6.45) is 0. The number of aromatic nitrogens is 1. The van der Waals surface area contributed by atoms with E-state index >= 15 is 0 Å². The lowest BCUT2D eigenvalue weighted by Crippen LogP contribution is -2.74. The monoisotopic (exact) mass is 1700 g/mol. The van der Waals surface area contributed by atoms with Gasteiger partial charge in [0.15, 0.2) is 8.07 Å². The molecule has 3 nitrogen and oxygen atoms in total. The lowest BCUT2D eigenvalue weighted by Gasteiger charge is -2.47. The summed E-state index contributed by atoms with van der Waals surface area (Å²) in [4.78, 5) is 5.16. The van der Waals surface area contributed by atoms with Crippen molar-refractivity contribution in [1.29, 1.82) is 0 Å². The van der Waals surface area contributed by atoms with E-state index in [2.05, 4.69) is 472 Å². The Bertz CT molecular complexity index is 7880. The molecule has 22 rings (SSSR count). The first kappa shape index (κ1) is 72.8. The van der Waals surface area contributed by atoms with E-state index in [-0.39, 0.29) is 39.3 Å². The maximum absolute atomic E-state index is 10.2. The van der Waals surface area contributed by atoms with Gasteiger partial charge in [-0.1, -0.05) is 426 Å². The molecule has 2 aliphatic heterocycles. The van der Waals surface area contributed by atoms with E-state index in [9.17, 15) is 11.0 Å². The standard InChI is InChI=1S/C126H102BN3Si/c1-124(2,3)99-78-109(95-51-35-47-90(73-95)85-39-17-10-18-40-85)122(110(79-99)96-52-36-48-91(74-96)86-41-19-11-20-42-86)129-117-72-67-94(89-65-69-106(70-66-89)131(103-55-25-14-26-56-103,104-57-27-15-28-58-104)105-59-29-16-30-60-105)77-114(117)127-113-71-68-102(128-115-63-33-31-61-107(115)108-62-32-34-64-116(108)128)84-118(113)130(120-83-101(126(7,8)9)82-119(129)121(120)127)123-111(97-53-37-49-92(75-97)87-43-21-12-22-44-87)80-100(125(4,5)6)81-112(123)98-54-38-50-93(76-98)88-45-23-13-24-46-88/h10-84H,1-9H3/i31D,32D,33D,34D,61D,62D,63D,64D. The first-order valence-corrected chi connectivity index (χ1v) is 47.6. The Morgan fingerprint density at radius 3 is 0.901 bits per heavy atom. The SMILES string of the molecule is [2H]c1c([2H])c([2H])c2c(c1[2H])c1c([2H])c([2H])c([2H])c([2H])c1n2-c1ccc2c(c1)N(c1c(-c3cccc(-c4ccccc4)c3)cc(C(C)(C)C)cc1-c1cccc(-c3ccccc3)c1)c1cc(C(C)(C)C)cc3c1B2c1cc(-c2ccc([Si](c4ccccc4)(c4ccccc4)c4ccccc4)cc2)ccc1N3c1c(-c2cccc(-c3ccccc3)c2)cc(C(C)(C)C)cc1-c1cccc(-c2ccccc2)c1. The highest BCUT2D eigenvalue weighted by Crippen LogP contribution is 2.57. The molecule has 20 aromatic rings. The zero-order valence-electron chi connectivity index (χ0n) is 83.1. The molecule has 5 heteroatoms. The summed E-state index contributed by atoms with van der Waals surface area (Å²) in [5, 5.41) is 5.05. The minimum absolute atomic E-state index is 0.00531. The Morgan fingerprint density at radius 2 is 0.534 bits per heavy atom. The zero-order valence-corrected chi connectivity index (χ0v) is 76.1. The van der Waals surface area contributed by atoms with Gasteiger partial charge in [-0.15, -0.1) is 0 Å². The Kier molecular flexibility index (Phi) is 18.3. The smallest absolute Gasteiger partial charge is 0.252 e. The van der Waals surface area contributed by atoms with E-state index in [0.717, 1.165) is 167 Å². The third kappa shape index (κ3) is 14.6. The van der Waals surface area contributed by atoms with Gasteiger partial charge in [-0.05, 0) is 239 Å². The molecule has 1 aromatic heterocycles. The van der Waals surface area contributed by atoms with Crippen LogP contribution in [0, 0.1) is 0 Å². The van der Waals surface area contributed by atoms with Crippen LogP contribution in [0.15, 0.2) is 455 Å². The molecule has 2 aliphatic rings. The van der Waals surface area contributed by atoms with Gasteiger partial charge < -0.3 is 14.4 Å². The third-order valence-corrected chi connectivity index (χ3v) is 31.8. The first-order chi connectivity index (χ1) is 67.2. The number of fused-ring (bicyclic) bond motifs is 7. The Hall–Kier alpha value is -15.1. The predicted molar refractivity (Wildman–Crippen MR) is 563 cm³/mol. The van der Waals surface area contributed by atoms with Crippen molar-refractivity contribution in [2.45, 2.75) is 78.6 Å². The number of rotatable bonds is 16. The summed E-state index contributed by atoms with van der Waals surface area (Å²) in [7, 11) is -3.04. The highest BCUT2D eigenvalue weighted by atomic mass is 28.3. The van der Waals surface area contributed by atoms with Crippen molar-refractivity contribution in [1.82, 2.24) is 4.57 Å². The summed E-state index contributed by atoms with van der Waals surface area (Å²) < 4.78 is 79.6. The van der Waals surface area contributed by atoms with Crippen molar-refractivity contribution in [3.63, 3.8) is 0 Å². The van der Waals surface area contributed by atoms with Gasteiger partial charge in [0.05, 0.1) is 33.4 Å². The van der Waals surface area contributed by atoms with E-state index in [1.165, 1.54) is 20.7 Å². The summed E-state index contributed by atoms with van der Waals surface area (Å²) in [5.74, 6) is 0. The van der Waals surface area contributed by atoms with Crippen LogP contribution in [0.1, 0.15) is 90.0 Å². The molecule has 0 amide bonds. The third-order valence-electron chi connectivity index (χ3n) is 27.0. The largest absolute Gasteiger partial charge is 0.310 e. The molecule has 0 unspecified atom stereocenters. The van der Waals surface area contributed by atoms with Crippen LogP contribution in [0.2, 0.25) is 0 Å². The first-order valence-electron chi connectivity index (χ1n) is 49.6. The van der Waals surface area contributed by atoms with Gasteiger partial charge in [0.25, 0.3) is 6.71 Å². The molecule has 0 N–H and O–H groups in total. The second-order valence-corrected chi connectivity index (χ2v) is 41.9. The van der Waals surface area contributed by atoms with Gasteiger partial charge in [-0.3, -0.25) is 0 Å². The number of anilines is 6. The molecule has 19 aromatic carbocycles. The highest BCUT2D eigenvalue weighted by Gasteiger charge is 2.48. The predicted octanol–water partition coefficient (Wildman–Crippen LogP) is 29.1. The van der Waals surface area contributed by atoms with E-state index in [1.54, 1.807) is 4.57 Å². The molecule has 3 heterocycles. The van der Waals surface area contributed by atoms with Gasteiger partial charge in [0.2, 0.25) is 0 Å². The normalized spacial score (nSPS) is 13.4. The maximum atomic E-state index is 10.2. The van der Waals surface area contributed by atoms with Crippen LogP contribution in [0.25, 0.3) is 128 Å². The number of para-hydroxylation sites is 2. The van der Waals surface area contributed by atoms with Crippen molar-refractivity contribution >= 4 is 108 Å². The average Bonchev–Trinajstić information content (AvgIpc) is 1.51. The minimum Gasteiger partial charge on any atom is -0.310 e. The molecular formula is C126H102BN3Si. The van der Waals surface area contributed by atoms with Crippen LogP contribution in [0.5, 0.6) is 0 Å². The molecule has 0 aliphatic carbocycles. The van der Waals surface area contributed by atoms with Crippen LogP contribution in [-0.2, 0) is 16.2 Å². The molecule has 628 valence electrons. The van der Waals surface area contributed by atoms with Crippen molar-refractivity contribution in [2.75, 3.05) is 9.80 Å².